The van der Waals surface area contributed by atoms with E-state index in [0.29, 0.717) is 18.7 Å². The van der Waals surface area contributed by atoms with Crippen LogP contribution < -0.4 is 5.32 Å². The zero-order chi connectivity index (χ0) is 24.4. The number of fused-ring (bicyclic) bond motifs is 3. The number of nitrogens with zero attached hydrogens (tertiary/aromatic N) is 1. The molecule has 1 aliphatic carbocycles. The minimum atomic E-state index is -0.905. The van der Waals surface area contributed by atoms with Crippen LogP contribution in [0.15, 0.2) is 78.9 Å². The normalized spacial score (nSPS) is 15.5. The maximum absolute atomic E-state index is 13.2. The van der Waals surface area contributed by atoms with Crippen LogP contribution in [0.2, 0.25) is 0 Å². The summed E-state index contributed by atoms with van der Waals surface area (Å²) in [6.07, 6.45) is -0.642. The highest BCUT2D eigenvalue weighted by Crippen LogP contribution is 2.44. The molecular weight excluding hydrogens is 444 g/mol. The Labute approximate surface area is 203 Å². The Balaban J connectivity index is 1.27. The van der Waals surface area contributed by atoms with Crippen LogP contribution in [0.25, 0.3) is 11.1 Å². The van der Waals surface area contributed by atoms with Crippen LogP contribution in [-0.2, 0) is 14.3 Å². The van der Waals surface area contributed by atoms with E-state index < -0.39 is 18.1 Å². The summed E-state index contributed by atoms with van der Waals surface area (Å²) in [5.74, 6) is -1.29. The second kappa shape index (κ2) is 9.62. The molecule has 2 amide bonds. The first-order valence-electron chi connectivity index (χ1n) is 11.7. The Bertz CT molecular complexity index is 1210. The summed E-state index contributed by atoms with van der Waals surface area (Å²) in [5.41, 5.74) is 5.16. The maximum atomic E-state index is 13.2. The molecule has 3 aromatic rings. The summed E-state index contributed by atoms with van der Waals surface area (Å²) in [6, 6.07) is 24.3. The highest BCUT2D eigenvalue weighted by Gasteiger charge is 2.37. The van der Waals surface area contributed by atoms with Gasteiger partial charge < -0.3 is 20.1 Å². The van der Waals surface area contributed by atoms with Gasteiger partial charge in [0.1, 0.15) is 12.6 Å². The molecule has 5 rings (SSSR count). The number of likely N-dealkylation sites (tertiary alicyclic amines) is 1. The van der Waals surface area contributed by atoms with Gasteiger partial charge in [-0.05, 0) is 27.8 Å². The number of benzene rings is 3. The number of ether oxygens (including phenoxy) is 1. The monoisotopic (exact) mass is 470 g/mol. The third-order valence-electron chi connectivity index (χ3n) is 6.72. The lowest BCUT2D eigenvalue weighted by Crippen LogP contribution is -2.54. The van der Waals surface area contributed by atoms with Gasteiger partial charge in [0, 0.05) is 24.9 Å². The molecule has 1 fully saturated rings. The predicted molar refractivity (Wildman–Crippen MR) is 130 cm³/mol. The first-order chi connectivity index (χ1) is 17.0. The highest BCUT2D eigenvalue weighted by molar-refractivity contribution is 5.87. The third kappa shape index (κ3) is 4.62. The molecule has 0 bridgehead atoms. The van der Waals surface area contributed by atoms with Crippen LogP contribution in [0.1, 0.15) is 35.1 Å². The van der Waals surface area contributed by atoms with Gasteiger partial charge in [0.05, 0.1) is 6.42 Å². The fourth-order valence-corrected chi connectivity index (χ4v) is 5.00. The van der Waals surface area contributed by atoms with Crippen molar-refractivity contribution < 1.29 is 24.2 Å². The Hall–Kier alpha value is -4.13. The van der Waals surface area contributed by atoms with Crippen molar-refractivity contribution in [2.75, 3.05) is 19.7 Å². The molecule has 7 nitrogen and oxygen atoms in total. The maximum Gasteiger partial charge on any atom is 0.408 e. The van der Waals surface area contributed by atoms with Crippen molar-refractivity contribution >= 4 is 18.0 Å². The standard InChI is InChI=1S/C28H26N2O5/c31-25(32)14-18-15-30(16-18)27(33)26(19-8-2-1-3-9-19)29-28(34)35-17-24-22-12-6-4-10-20(22)21-11-5-7-13-23(21)24/h1-13,18,24,26H,14-17H2,(H,29,34)(H,31,32). The van der Waals surface area contributed by atoms with Crippen molar-refractivity contribution in [2.45, 2.75) is 18.4 Å². The summed E-state index contributed by atoms with van der Waals surface area (Å²) in [4.78, 5) is 38.6. The molecule has 1 saturated heterocycles. The van der Waals surface area contributed by atoms with Gasteiger partial charge in [0.25, 0.3) is 0 Å². The molecule has 1 heterocycles. The largest absolute Gasteiger partial charge is 0.481 e. The Kier molecular flexibility index (Phi) is 6.23. The molecule has 2 aliphatic rings. The summed E-state index contributed by atoms with van der Waals surface area (Å²) >= 11 is 0. The molecule has 1 unspecified atom stereocenters. The Morgan fingerprint density at radius 2 is 1.46 bits per heavy atom. The molecule has 1 atom stereocenters. The van der Waals surface area contributed by atoms with Gasteiger partial charge in [-0.2, -0.15) is 0 Å². The number of carbonyl (C=O) groups excluding carboxylic acids is 2. The van der Waals surface area contributed by atoms with E-state index in [0.717, 1.165) is 22.3 Å². The van der Waals surface area contributed by atoms with Gasteiger partial charge in [-0.1, -0.05) is 78.9 Å². The molecule has 35 heavy (non-hydrogen) atoms. The SMILES string of the molecule is O=C(O)CC1CN(C(=O)C(NC(=O)OCC2c3ccccc3-c3ccccc32)c2ccccc2)C1. The first-order valence-corrected chi connectivity index (χ1v) is 11.7. The summed E-state index contributed by atoms with van der Waals surface area (Å²) in [6.45, 7) is 0.877. The van der Waals surface area contributed by atoms with Gasteiger partial charge in [-0.25, -0.2) is 4.79 Å². The topological polar surface area (TPSA) is 95.9 Å². The number of carboxylic acids is 1. The van der Waals surface area contributed by atoms with Crippen molar-refractivity contribution in [1.29, 1.82) is 0 Å². The minimum Gasteiger partial charge on any atom is -0.481 e. The minimum absolute atomic E-state index is 0.0274. The van der Waals surface area contributed by atoms with E-state index in [9.17, 15) is 14.4 Å². The highest BCUT2D eigenvalue weighted by atomic mass is 16.5. The van der Waals surface area contributed by atoms with Crippen LogP contribution in [0.5, 0.6) is 0 Å². The average Bonchev–Trinajstić information content (AvgIpc) is 3.17. The van der Waals surface area contributed by atoms with Gasteiger partial charge in [0.2, 0.25) is 5.91 Å². The van der Waals surface area contributed by atoms with E-state index in [1.54, 1.807) is 29.2 Å². The van der Waals surface area contributed by atoms with Crippen LogP contribution >= 0.6 is 0 Å². The molecule has 3 aromatic carbocycles. The Morgan fingerprint density at radius 3 is 2.06 bits per heavy atom. The lowest BCUT2D eigenvalue weighted by atomic mass is 9.94. The van der Waals surface area contributed by atoms with E-state index in [4.69, 9.17) is 9.84 Å². The number of hydrogen-bond acceptors (Lipinski definition) is 4. The first kappa shape index (κ1) is 22.7. The van der Waals surface area contributed by atoms with Crippen molar-refractivity contribution in [2.24, 2.45) is 5.92 Å². The molecule has 0 radical (unpaired) electrons. The molecule has 178 valence electrons. The summed E-state index contributed by atoms with van der Waals surface area (Å²) in [5, 5.41) is 11.7. The van der Waals surface area contributed by atoms with Crippen molar-refractivity contribution in [1.82, 2.24) is 10.2 Å². The fraction of sp³-hybridized carbons (Fsp3) is 0.250. The smallest absolute Gasteiger partial charge is 0.408 e. The van der Waals surface area contributed by atoms with Gasteiger partial charge in [0.15, 0.2) is 0 Å². The molecule has 7 heteroatoms. The third-order valence-corrected chi connectivity index (χ3v) is 6.72. The fourth-order valence-electron chi connectivity index (χ4n) is 5.00. The molecule has 0 spiro atoms. The van der Waals surface area contributed by atoms with Gasteiger partial charge in [-0.15, -0.1) is 0 Å². The number of nitrogens with one attached hydrogen (secondary N) is 1. The van der Waals surface area contributed by atoms with Crippen LogP contribution in [-0.4, -0.2) is 47.7 Å². The Morgan fingerprint density at radius 1 is 0.886 bits per heavy atom. The molecule has 2 N–H and O–H groups in total. The molecule has 0 saturated carbocycles. The number of carboxylic acid groups (broad SMARTS) is 1. The van der Waals surface area contributed by atoms with Crippen LogP contribution in [0, 0.1) is 5.92 Å². The lowest BCUT2D eigenvalue weighted by molar-refractivity contribution is -0.146. The number of carbonyl (C=O) groups is 3. The second-order valence-corrected chi connectivity index (χ2v) is 9.02. The quantitative estimate of drug-likeness (QED) is 0.540. The second-order valence-electron chi connectivity index (χ2n) is 9.02. The molecule has 0 aromatic heterocycles. The van der Waals surface area contributed by atoms with E-state index >= 15 is 0 Å². The van der Waals surface area contributed by atoms with Crippen molar-refractivity contribution in [3.63, 3.8) is 0 Å². The van der Waals surface area contributed by atoms with Crippen LogP contribution in [0.4, 0.5) is 4.79 Å². The number of hydrogen-bond donors (Lipinski definition) is 2. The van der Waals surface area contributed by atoms with E-state index in [-0.39, 0.29) is 30.8 Å². The van der Waals surface area contributed by atoms with E-state index in [1.165, 1.54) is 0 Å². The zero-order valence-corrected chi connectivity index (χ0v) is 19.1. The molecular formula is C28H26N2O5. The van der Waals surface area contributed by atoms with Gasteiger partial charge >= 0.3 is 12.1 Å². The van der Waals surface area contributed by atoms with Gasteiger partial charge in [-0.3, -0.25) is 9.59 Å². The number of aliphatic carboxylic acids is 1. The lowest BCUT2D eigenvalue weighted by Gasteiger charge is -2.40. The van der Waals surface area contributed by atoms with Crippen LogP contribution in [0.3, 0.4) is 0 Å². The summed E-state index contributed by atoms with van der Waals surface area (Å²) < 4.78 is 5.65. The average molecular weight is 471 g/mol. The van der Waals surface area contributed by atoms with Crippen molar-refractivity contribution in [3.8, 4) is 11.1 Å². The predicted octanol–water partition coefficient (Wildman–Crippen LogP) is 4.20. The summed E-state index contributed by atoms with van der Waals surface area (Å²) in [7, 11) is 0. The van der Waals surface area contributed by atoms with Crippen molar-refractivity contribution in [3.05, 3.63) is 95.6 Å². The van der Waals surface area contributed by atoms with E-state index in [1.807, 2.05) is 30.3 Å². The zero-order valence-electron chi connectivity index (χ0n) is 19.1. The molecule has 1 aliphatic heterocycles. The number of amides is 2. The van der Waals surface area contributed by atoms with E-state index in [2.05, 4.69) is 29.6 Å². The number of alkyl carbamates (subject to hydrolysis) is 1. The number of rotatable bonds is 7.